The molecule has 0 saturated carbocycles. The van der Waals surface area contributed by atoms with E-state index in [0.717, 1.165) is 0 Å². The van der Waals surface area contributed by atoms with E-state index in [1.165, 1.54) is 0 Å². The molecule has 0 spiro atoms. The lowest BCUT2D eigenvalue weighted by Crippen LogP contribution is -2.70. The molecule has 0 aliphatic heterocycles. The minimum absolute atomic E-state index is 0.159. The van der Waals surface area contributed by atoms with Crippen LogP contribution in [0.25, 0.3) is 0 Å². The van der Waals surface area contributed by atoms with Gasteiger partial charge in [0.05, 0.1) is 6.54 Å². The zero-order valence-corrected chi connectivity index (χ0v) is 9.93. The first kappa shape index (κ1) is 18.4. The Morgan fingerprint density at radius 2 is 1.32 bits per heavy atom. The van der Waals surface area contributed by atoms with E-state index in [1.54, 1.807) is 0 Å². The van der Waals surface area contributed by atoms with E-state index >= 15 is 0 Å². The van der Waals surface area contributed by atoms with Gasteiger partial charge in [-0.05, 0) is 0 Å². The highest BCUT2D eigenvalue weighted by molar-refractivity contribution is 5.08. The van der Waals surface area contributed by atoms with Crippen molar-refractivity contribution in [2.75, 3.05) is 0 Å². The summed E-state index contributed by atoms with van der Waals surface area (Å²) in [4.78, 5) is 3.00. The number of aromatic nitrogens is 3. The summed E-state index contributed by atoms with van der Waals surface area (Å²) in [6.45, 7) is -2.42. The van der Waals surface area contributed by atoms with Crippen LogP contribution in [0, 0.1) is 0 Å². The molecule has 1 atom stereocenters. The van der Waals surface area contributed by atoms with Gasteiger partial charge in [-0.25, -0.2) is 9.67 Å². The van der Waals surface area contributed by atoms with E-state index in [9.17, 15) is 43.9 Å². The molecule has 1 heterocycles. The summed E-state index contributed by atoms with van der Waals surface area (Å²) in [5, 5.41) is 11.9. The van der Waals surface area contributed by atoms with Gasteiger partial charge in [-0.2, -0.15) is 49.0 Å². The van der Waals surface area contributed by atoms with Crippen LogP contribution in [0.4, 0.5) is 43.9 Å². The lowest BCUT2D eigenvalue weighted by atomic mass is 9.89. The van der Waals surface area contributed by atoms with Gasteiger partial charge < -0.3 is 5.11 Å². The minimum Gasteiger partial charge on any atom is -0.374 e. The van der Waals surface area contributed by atoms with Crippen LogP contribution in [0.1, 0.15) is 0 Å². The van der Waals surface area contributed by atoms with Crippen molar-refractivity contribution in [1.82, 2.24) is 14.8 Å². The van der Waals surface area contributed by atoms with Crippen LogP contribution in [-0.4, -0.2) is 49.7 Å². The Kier molecular flexibility index (Phi) is 4.16. The van der Waals surface area contributed by atoms with Gasteiger partial charge in [-0.3, -0.25) is 0 Å². The van der Waals surface area contributed by atoms with Crippen molar-refractivity contribution < 1.29 is 49.0 Å². The highest BCUT2D eigenvalue weighted by Crippen LogP contribution is 2.55. The Balaban J connectivity index is 3.45. The molecule has 0 bridgehead atoms. The fourth-order valence-corrected chi connectivity index (χ4v) is 1.35. The number of halogens is 10. The number of alkyl halides is 10. The van der Waals surface area contributed by atoms with Gasteiger partial charge in [0.2, 0.25) is 0 Å². The fourth-order valence-electron chi connectivity index (χ4n) is 1.35. The van der Waals surface area contributed by atoms with Gasteiger partial charge in [-0.15, -0.1) is 0 Å². The first-order valence-electron chi connectivity index (χ1n) is 5.02. The SMILES string of the molecule is OC(Cn1cncn1)(C(F)(F)F)C(F)(F)C(F)(F)C(F)(F)F. The summed E-state index contributed by atoms with van der Waals surface area (Å²) >= 11 is 0. The molecule has 4 nitrogen and oxygen atoms in total. The highest BCUT2D eigenvalue weighted by atomic mass is 19.4. The fraction of sp³-hybridized carbons (Fsp3) is 0.750. The Bertz CT molecular complexity index is 507. The third kappa shape index (κ3) is 2.59. The van der Waals surface area contributed by atoms with Gasteiger partial charge in [-0.1, -0.05) is 0 Å². The number of rotatable bonds is 4. The van der Waals surface area contributed by atoms with Crippen LogP contribution < -0.4 is 0 Å². The standard InChI is InChI=1S/C8H5F10N3O/c9-5(10,6(11,12)8(16,17)18)4(22,7(13,14)15)1-21-3-19-2-20-21/h2-3,22H,1H2. The topological polar surface area (TPSA) is 50.9 Å². The zero-order valence-electron chi connectivity index (χ0n) is 9.93. The van der Waals surface area contributed by atoms with E-state index in [1.807, 2.05) is 0 Å². The van der Waals surface area contributed by atoms with Crippen molar-refractivity contribution in [2.24, 2.45) is 0 Å². The summed E-state index contributed by atoms with van der Waals surface area (Å²) in [5.41, 5.74) is -5.74. The molecular formula is C8H5F10N3O. The van der Waals surface area contributed by atoms with Crippen molar-refractivity contribution in [3.05, 3.63) is 12.7 Å². The Hall–Kier alpha value is -1.60. The summed E-state index contributed by atoms with van der Waals surface area (Å²) < 4.78 is 126. The van der Waals surface area contributed by atoms with E-state index in [-0.39, 0.29) is 4.68 Å². The van der Waals surface area contributed by atoms with Crippen molar-refractivity contribution in [3.63, 3.8) is 0 Å². The maximum Gasteiger partial charge on any atom is 0.460 e. The largest absolute Gasteiger partial charge is 0.460 e. The molecule has 0 fully saturated rings. The molecule has 0 amide bonds. The molecule has 1 N–H and O–H groups in total. The van der Waals surface area contributed by atoms with Crippen molar-refractivity contribution in [3.8, 4) is 0 Å². The van der Waals surface area contributed by atoms with E-state index in [2.05, 4.69) is 10.1 Å². The van der Waals surface area contributed by atoms with Crippen LogP contribution in [0.15, 0.2) is 12.7 Å². The van der Waals surface area contributed by atoms with Crippen LogP contribution in [0.2, 0.25) is 0 Å². The number of hydrogen-bond acceptors (Lipinski definition) is 3. The molecule has 1 unspecified atom stereocenters. The smallest absolute Gasteiger partial charge is 0.374 e. The second kappa shape index (κ2) is 4.96. The molecule has 1 rings (SSSR count). The van der Waals surface area contributed by atoms with Crippen LogP contribution in [0.5, 0.6) is 0 Å². The van der Waals surface area contributed by atoms with E-state index < -0.39 is 36.3 Å². The molecule has 1 aromatic heterocycles. The third-order valence-electron chi connectivity index (χ3n) is 2.60. The molecule has 0 radical (unpaired) electrons. The molecule has 0 aromatic carbocycles. The molecule has 0 aliphatic carbocycles. The zero-order chi connectivity index (χ0) is 17.6. The third-order valence-corrected chi connectivity index (χ3v) is 2.60. The first-order valence-corrected chi connectivity index (χ1v) is 5.02. The number of hydrogen-bond donors (Lipinski definition) is 1. The van der Waals surface area contributed by atoms with Gasteiger partial charge in [0.1, 0.15) is 12.7 Å². The van der Waals surface area contributed by atoms with Crippen molar-refractivity contribution >= 4 is 0 Å². The first-order chi connectivity index (χ1) is 9.58. The van der Waals surface area contributed by atoms with Gasteiger partial charge in [0.15, 0.2) is 0 Å². The summed E-state index contributed by atoms with van der Waals surface area (Å²) in [7, 11) is 0. The Morgan fingerprint density at radius 1 is 0.818 bits per heavy atom. The minimum atomic E-state index is -7.15. The lowest BCUT2D eigenvalue weighted by molar-refractivity contribution is -0.427. The molecule has 128 valence electrons. The Morgan fingerprint density at radius 3 is 1.64 bits per heavy atom. The van der Waals surface area contributed by atoms with Gasteiger partial charge in [0.25, 0.3) is 5.60 Å². The lowest BCUT2D eigenvalue weighted by Gasteiger charge is -2.40. The van der Waals surface area contributed by atoms with E-state index in [4.69, 9.17) is 5.11 Å². The Labute approximate surface area is 114 Å². The average Bonchev–Trinajstić information content (AvgIpc) is 2.77. The summed E-state index contributed by atoms with van der Waals surface area (Å²) in [6, 6.07) is 0. The second-order valence-corrected chi connectivity index (χ2v) is 4.10. The van der Waals surface area contributed by atoms with Crippen molar-refractivity contribution in [1.29, 1.82) is 0 Å². The molecule has 0 saturated heterocycles. The van der Waals surface area contributed by atoms with Crippen LogP contribution >= 0.6 is 0 Å². The monoisotopic (exact) mass is 349 g/mol. The predicted molar refractivity (Wildman–Crippen MR) is 47.0 cm³/mol. The normalized spacial score (nSPS) is 17.4. The van der Waals surface area contributed by atoms with Crippen LogP contribution in [-0.2, 0) is 6.54 Å². The van der Waals surface area contributed by atoms with Crippen LogP contribution in [0.3, 0.4) is 0 Å². The summed E-state index contributed by atoms with van der Waals surface area (Å²) in [6.07, 6.45) is -12.7. The maximum absolute atomic E-state index is 13.3. The summed E-state index contributed by atoms with van der Waals surface area (Å²) in [5.74, 6) is -14.1. The van der Waals surface area contributed by atoms with Crippen molar-refractivity contribution in [2.45, 2.75) is 36.3 Å². The molecule has 1 aromatic rings. The second-order valence-electron chi connectivity index (χ2n) is 4.10. The number of aliphatic hydroxyl groups is 1. The maximum atomic E-state index is 13.3. The average molecular weight is 349 g/mol. The molecule has 0 aliphatic rings. The highest BCUT2D eigenvalue weighted by Gasteiger charge is 2.85. The molecule has 14 heteroatoms. The van der Waals surface area contributed by atoms with E-state index in [0.29, 0.717) is 12.7 Å². The quantitative estimate of drug-likeness (QED) is 0.850. The van der Waals surface area contributed by atoms with Gasteiger partial charge >= 0.3 is 24.2 Å². The predicted octanol–water partition coefficient (Wildman–Crippen LogP) is 2.40. The molecule has 22 heavy (non-hydrogen) atoms. The molecular weight excluding hydrogens is 344 g/mol. The number of nitrogens with zero attached hydrogens (tertiary/aromatic N) is 3. The van der Waals surface area contributed by atoms with Gasteiger partial charge in [0, 0.05) is 0 Å².